The number of likely N-dealkylation sites (N-methyl/N-ethyl adjacent to an activating group) is 1. The molecule has 162 valence electrons. The Hall–Kier alpha value is -3.96. The van der Waals surface area contributed by atoms with Crippen LogP contribution in [0.15, 0.2) is 44.5 Å². The summed E-state index contributed by atoms with van der Waals surface area (Å²) in [6.45, 7) is 2.51. The van der Waals surface area contributed by atoms with Crippen LogP contribution in [-0.2, 0) is 6.42 Å². The molecule has 0 bridgehead atoms. The zero-order valence-electron chi connectivity index (χ0n) is 17.7. The maximum atomic E-state index is 6.02. The Morgan fingerprint density at radius 1 is 0.967 bits per heavy atom. The first-order valence-corrected chi connectivity index (χ1v) is 9.22. The van der Waals surface area contributed by atoms with E-state index >= 15 is 0 Å². The highest BCUT2D eigenvalue weighted by Gasteiger charge is 2.06. The fourth-order valence-electron chi connectivity index (χ4n) is 2.33. The van der Waals surface area contributed by atoms with Gasteiger partial charge >= 0.3 is 0 Å². The van der Waals surface area contributed by atoms with Gasteiger partial charge in [0.05, 0.1) is 11.4 Å². The number of guanidine groups is 4. The summed E-state index contributed by atoms with van der Waals surface area (Å²) in [5.74, 6) is 0.712. The number of hydrogen-bond acceptors (Lipinski definition) is 2. The van der Waals surface area contributed by atoms with E-state index in [4.69, 9.17) is 22.9 Å². The molecule has 0 atom stereocenters. The van der Waals surface area contributed by atoms with Gasteiger partial charge in [0.2, 0.25) is 11.9 Å². The van der Waals surface area contributed by atoms with E-state index in [0.717, 1.165) is 17.1 Å². The first-order chi connectivity index (χ1) is 14.2. The summed E-state index contributed by atoms with van der Waals surface area (Å²) >= 11 is 0. The van der Waals surface area contributed by atoms with Crippen LogP contribution in [0.25, 0.3) is 0 Å². The maximum Gasteiger partial charge on any atom is 0.223 e. The summed E-state index contributed by atoms with van der Waals surface area (Å²) in [6.07, 6.45) is 4.20. The van der Waals surface area contributed by atoms with Crippen LogP contribution in [0.5, 0.6) is 0 Å². The second-order valence-corrected chi connectivity index (χ2v) is 6.82. The zero-order valence-corrected chi connectivity index (χ0v) is 17.7. The molecule has 0 aromatic carbocycles. The molecule has 0 amide bonds. The second kappa shape index (κ2) is 10.0. The molecule has 0 fully saturated rings. The van der Waals surface area contributed by atoms with Gasteiger partial charge in [-0.1, -0.05) is 0 Å². The highest BCUT2D eigenvalue weighted by Crippen LogP contribution is 2.16. The normalized spacial score (nSPS) is 13.6. The lowest BCUT2D eigenvalue weighted by atomic mass is 10.3. The van der Waals surface area contributed by atoms with Crippen LogP contribution >= 0.6 is 0 Å². The number of nitrogens with zero attached hydrogens (tertiary/aromatic N) is 6. The van der Waals surface area contributed by atoms with Gasteiger partial charge in [0.15, 0.2) is 11.9 Å². The number of aromatic amines is 2. The van der Waals surface area contributed by atoms with Gasteiger partial charge in [-0.05, 0) is 19.1 Å². The third-order valence-corrected chi connectivity index (χ3v) is 4.16. The van der Waals surface area contributed by atoms with Crippen LogP contribution in [0.2, 0.25) is 0 Å². The Kier molecular flexibility index (Phi) is 7.44. The average Bonchev–Trinajstić information content (AvgIpc) is 3.28. The standard InChI is InChI=1S/C18H30N12/c1-11-14(5-7-23-11)26-16(20)28-18(22)30(4)8-6-12-9-13(10-24-12)25-15(19)27-17(21)29(2)3/h5,7,9-10,23-24H,6,8H2,1-4H3,(H4,19,21,25,27)(H4,20,22,26,28). The highest BCUT2D eigenvalue weighted by atomic mass is 15.3. The molecule has 2 heterocycles. The molecule has 0 aliphatic heterocycles. The minimum atomic E-state index is 0.0765. The van der Waals surface area contributed by atoms with Gasteiger partial charge < -0.3 is 42.7 Å². The van der Waals surface area contributed by atoms with Gasteiger partial charge in [-0.2, -0.15) is 9.98 Å². The van der Waals surface area contributed by atoms with Crippen molar-refractivity contribution in [2.75, 3.05) is 27.7 Å². The monoisotopic (exact) mass is 414 g/mol. The van der Waals surface area contributed by atoms with E-state index in [-0.39, 0.29) is 23.8 Å². The lowest BCUT2D eigenvalue weighted by Crippen LogP contribution is -2.37. The first-order valence-electron chi connectivity index (χ1n) is 9.22. The van der Waals surface area contributed by atoms with Gasteiger partial charge in [0.1, 0.15) is 0 Å². The summed E-state index contributed by atoms with van der Waals surface area (Å²) in [5.41, 5.74) is 26.6. The number of rotatable bonds is 5. The number of hydrogen-bond donors (Lipinski definition) is 6. The Morgan fingerprint density at radius 3 is 2.27 bits per heavy atom. The molecule has 0 aliphatic rings. The lowest BCUT2D eigenvalue weighted by molar-refractivity contribution is 0.501. The highest BCUT2D eigenvalue weighted by molar-refractivity contribution is 5.95. The minimum absolute atomic E-state index is 0.0765. The fraction of sp³-hybridized carbons (Fsp3) is 0.333. The number of aromatic nitrogens is 2. The number of aryl methyl sites for hydroxylation is 1. The van der Waals surface area contributed by atoms with E-state index in [2.05, 4.69) is 29.9 Å². The Balaban J connectivity index is 1.95. The summed E-state index contributed by atoms with van der Waals surface area (Å²) in [4.78, 5) is 26.2. The van der Waals surface area contributed by atoms with E-state index in [0.29, 0.717) is 18.7 Å². The molecule has 0 radical (unpaired) electrons. The fourth-order valence-corrected chi connectivity index (χ4v) is 2.33. The van der Waals surface area contributed by atoms with Crippen molar-refractivity contribution in [2.24, 2.45) is 42.9 Å². The predicted molar refractivity (Wildman–Crippen MR) is 122 cm³/mol. The average molecular weight is 415 g/mol. The molecular formula is C18H30N12. The smallest absolute Gasteiger partial charge is 0.223 e. The van der Waals surface area contributed by atoms with Gasteiger partial charge in [-0.25, -0.2) is 9.98 Å². The Labute approximate surface area is 175 Å². The van der Waals surface area contributed by atoms with Crippen molar-refractivity contribution in [2.45, 2.75) is 13.3 Å². The summed E-state index contributed by atoms with van der Waals surface area (Å²) in [5, 5.41) is 0. The third-order valence-electron chi connectivity index (χ3n) is 4.16. The zero-order chi connectivity index (χ0) is 22.3. The molecule has 2 aromatic heterocycles. The second-order valence-electron chi connectivity index (χ2n) is 6.82. The predicted octanol–water partition coefficient (Wildman–Crippen LogP) is -0.0909. The van der Waals surface area contributed by atoms with Crippen molar-refractivity contribution in [3.05, 3.63) is 35.9 Å². The lowest BCUT2D eigenvalue weighted by Gasteiger charge is -2.17. The van der Waals surface area contributed by atoms with Gasteiger partial charge in [-0.15, -0.1) is 0 Å². The molecule has 0 unspecified atom stereocenters. The number of H-pyrrole nitrogens is 2. The topological polar surface area (TPSA) is 192 Å². The molecule has 2 rings (SSSR count). The van der Waals surface area contributed by atoms with Crippen molar-refractivity contribution < 1.29 is 0 Å². The van der Waals surface area contributed by atoms with Crippen LogP contribution in [0, 0.1) is 6.92 Å². The molecule has 30 heavy (non-hydrogen) atoms. The van der Waals surface area contributed by atoms with Gasteiger partial charge in [0, 0.05) is 57.9 Å². The van der Waals surface area contributed by atoms with E-state index in [1.54, 1.807) is 36.3 Å². The molecule has 2 aromatic rings. The van der Waals surface area contributed by atoms with Crippen molar-refractivity contribution in [3.8, 4) is 0 Å². The van der Waals surface area contributed by atoms with Crippen molar-refractivity contribution >= 4 is 35.2 Å². The molecule has 0 spiro atoms. The van der Waals surface area contributed by atoms with Crippen LogP contribution < -0.4 is 22.9 Å². The molecule has 12 heteroatoms. The van der Waals surface area contributed by atoms with E-state index in [1.165, 1.54) is 0 Å². The Morgan fingerprint density at radius 2 is 1.63 bits per heavy atom. The third kappa shape index (κ3) is 6.58. The van der Waals surface area contributed by atoms with Crippen LogP contribution in [-0.4, -0.2) is 71.3 Å². The number of nitrogens with two attached hydrogens (primary N) is 4. The SMILES string of the molecule is Cc1[nH]ccc1N=C(N)N=C(N)N(C)CCc1cc(N=C(N)N=C(N)N(C)C)c[nH]1. The summed E-state index contributed by atoms with van der Waals surface area (Å²) < 4.78 is 0. The van der Waals surface area contributed by atoms with Crippen LogP contribution in [0.1, 0.15) is 11.4 Å². The van der Waals surface area contributed by atoms with Crippen molar-refractivity contribution in [1.82, 2.24) is 19.8 Å². The van der Waals surface area contributed by atoms with Crippen LogP contribution in [0.3, 0.4) is 0 Å². The van der Waals surface area contributed by atoms with Crippen LogP contribution in [0.4, 0.5) is 11.4 Å². The minimum Gasteiger partial charge on any atom is -0.369 e. The maximum absolute atomic E-state index is 6.02. The van der Waals surface area contributed by atoms with Crippen molar-refractivity contribution in [3.63, 3.8) is 0 Å². The van der Waals surface area contributed by atoms with Gasteiger partial charge in [0.25, 0.3) is 0 Å². The largest absolute Gasteiger partial charge is 0.369 e. The summed E-state index contributed by atoms with van der Waals surface area (Å²) in [6, 6.07) is 3.69. The molecule has 0 saturated heterocycles. The summed E-state index contributed by atoms with van der Waals surface area (Å²) in [7, 11) is 5.37. The van der Waals surface area contributed by atoms with Crippen molar-refractivity contribution in [1.29, 1.82) is 0 Å². The Bertz CT molecular complexity index is 959. The number of nitrogens with one attached hydrogen (secondary N) is 2. The van der Waals surface area contributed by atoms with E-state index in [1.807, 2.05) is 26.1 Å². The molecule has 10 N–H and O–H groups in total. The molecule has 0 aliphatic carbocycles. The van der Waals surface area contributed by atoms with Gasteiger partial charge in [-0.3, -0.25) is 0 Å². The number of aliphatic imine (C=N–C) groups is 4. The first kappa shape index (κ1) is 22.3. The quantitative estimate of drug-likeness (QED) is 0.292. The molecule has 12 nitrogen and oxygen atoms in total. The molecule has 0 saturated carbocycles. The van der Waals surface area contributed by atoms with E-state index in [9.17, 15) is 0 Å². The molecular weight excluding hydrogens is 384 g/mol. The van der Waals surface area contributed by atoms with E-state index < -0.39 is 0 Å².